The number of nitrogens with zero attached hydrogens (tertiary/aromatic N) is 1. The van der Waals surface area contributed by atoms with Crippen LogP contribution in [-0.2, 0) is 4.74 Å². The van der Waals surface area contributed by atoms with E-state index in [2.05, 4.69) is 0 Å². The number of hydrogen-bond donors (Lipinski definition) is 2. The molecule has 19 heavy (non-hydrogen) atoms. The Morgan fingerprint density at radius 1 is 1.00 bits per heavy atom. The first kappa shape index (κ1) is 11.2. The van der Waals surface area contributed by atoms with Gasteiger partial charge in [0.25, 0.3) is 0 Å². The van der Waals surface area contributed by atoms with Crippen LogP contribution in [0, 0.1) is 0 Å². The van der Waals surface area contributed by atoms with Gasteiger partial charge in [-0.2, -0.15) is 0 Å². The van der Waals surface area contributed by atoms with Crippen molar-refractivity contribution in [2.24, 2.45) is 0 Å². The van der Waals surface area contributed by atoms with Gasteiger partial charge in [-0.05, 0) is 37.1 Å². The van der Waals surface area contributed by atoms with Crippen LogP contribution < -0.4 is 0 Å². The lowest BCUT2D eigenvalue weighted by molar-refractivity contribution is 0.0683. The fourth-order valence-corrected chi connectivity index (χ4v) is 3.24. The number of aromatic nitrogens is 1. The molecule has 2 aliphatic rings. The van der Waals surface area contributed by atoms with Gasteiger partial charge in [0.2, 0.25) is 11.8 Å². The maximum Gasteiger partial charge on any atom is 0.205 e. The third-order valence-electron chi connectivity index (χ3n) is 3.94. The molecule has 1 aromatic heterocycles. The Hall–Kier alpha value is -1.65. The van der Waals surface area contributed by atoms with E-state index in [9.17, 15) is 10.2 Å². The molecule has 0 aliphatic carbocycles. The van der Waals surface area contributed by atoms with Gasteiger partial charge in [-0.15, -0.1) is 0 Å². The van der Waals surface area contributed by atoms with Gasteiger partial charge in [0.1, 0.15) is 0 Å². The molecular formula is C14H12ClNO3. The van der Waals surface area contributed by atoms with E-state index in [-0.39, 0.29) is 24.0 Å². The Labute approximate surface area is 114 Å². The third-order valence-corrected chi connectivity index (χ3v) is 4.20. The first-order valence-corrected chi connectivity index (χ1v) is 6.62. The molecule has 4 nitrogen and oxygen atoms in total. The van der Waals surface area contributed by atoms with Crippen molar-refractivity contribution in [3.8, 4) is 17.4 Å². The van der Waals surface area contributed by atoms with Crippen molar-refractivity contribution in [1.29, 1.82) is 0 Å². The molecule has 2 N–H and O–H groups in total. The predicted octanol–water partition coefficient (Wildman–Crippen LogP) is 3.45. The van der Waals surface area contributed by atoms with Crippen LogP contribution in [-0.4, -0.2) is 14.8 Å². The van der Waals surface area contributed by atoms with Crippen LogP contribution in [0.4, 0.5) is 0 Å². The zero-order valence-corrected chi connectivity index (χ0v) is 10.8. The predicted molar refractivity (Wildman–Crippen MR) is 69.9 cm³/mol. The molecule has 0 spiro atoms. The van der Waals surface area contributed by atoms with Gasteiger partial charge in [-0.3, -0.25) is 4.57 Å². The quantitative estimate of drug-likeness (QED) is 0.839. The SMILES string of the molecule is Oc1c2c(c(O)n1-c1ccc(Cl)cc1)C1CCC2O1. The van der Waals surface area contributed by atoms with E-state index in [1.165, 1.54) is 4.57 Å². The summed E-state index contributed by atoms with van der Waals surface area (Å²) in [7, 11) is 0. The van der Waals surface area contributed by atoms with Crippen LogP contribution >= 0.6 is 11.6 Å². The molecule has 2 atom stereocenters. The summed E-state index contributed by atoms with van der Waals surface area (Å²) in [5.41, 5.74) is 2.17. The zero-order chi connectivity index (χ0) is 13.1. The molecule has 1 aromatic carbocycles. The van der Waals surface area contributed by atoms with Gasteiger partial charge in [0.15, 0.2) is 0 Å². The van der Waals surface area contributed by atoms with Crippen LogP contribution in [0.2, 0.25) is 5.02 Å². The normalized spacial score (nSPS) is 23.8. The Morgan fingerprint density at radius 2 is 1.53 bits per heavy atom. The van der Waals surface area contributed by atoms with Gasteiger partial charge < -0.3 is 14.9 Å². The smallest absolute Gasteiger partial charge is 0.205 e. The fourth-order valence-electron chi connectivity index (χ4n) is 3.11. The number of hydrogen-bond acceptors (Lipinski definition) is 3. The Kier molecular flexibility index (Phi) is 2.17. The van der Waals surface area contributed by atoms with E-state index < -0.39 is 0 Å². The number of halogens is 1. The van der Waals surface area contributed by atoms with Crippen molar-refractivity contribution < 1.29 is 14.9 Å². The highest BCUT2D eigenvalue weighted by atomic mass is 35.5. The topological polar surface area (TPSA) is 54.6 Å². The van der Waals surface area contributed by atoms with Crippen molar-refractivity contribution >= 4 is 11.6 Å². The maximum atomic E-state index is 10.4. The Bertz CT molecular complexity index is 629. The molecule has 1 fully saturated rings. The lowest BCUT2D eigenvalue weighted by atomic mass is 9.95. The number of fused-ring (bicyclic) bond motifs is 5. The van der Waals surface area contributed by atoms with Crippen molar-refractivity contribution in [3.05, 3.63) is 40.4 Å². The first-order valence-electron chi connectivity index (χ1n) is 6.24. The van der Waals surface area contributed by atoms with Crippen molar-refractivity contribution in [2.45, 2.75) is 25.0 Å². The van der Waals surface area contributed by atoms with E-state index in [1.807, 2.05) is 0 Å². The fraction of sp³-hybridized carbons (Fsp3) is 0.286. The van der Waals surface area contributed by atoms with Gasteiger partial charge in [-0.1, -0.05) is 11.6 Å². The largest absolute Gasteiger partial charge is 0.494 e. The monoisotopic (exact) mass is 277 g/mol. The summed E-state index contributed by atoms with van der Waals surface area (Å²) in [5, 5.41) is 21.3. The molecule has 0 amide bonds. The highest BCUT2D eigenvalue weighted by Crippen LogP contribution is 2.58. The molecule has 0 saturated carbocycles. The molecule has 98 valence electrons. The standard InChI is InChI=1S/C14H12ClNO3/c15-7-1-3-8(4-2-7)16-13(17)11-9-5-6-10(19-9)12(11)14(16)18/h1-4,9-10,17-18H,5-6H2. The highest BCUT2D eigenvalue weighted by molar-refractivity contribution is 6.30. The summed E-state index contributed by atoms with van der Waals surface area (Å²) in [4.78, 5) is 0. The lowest BCUT2D eigenvalue weighted by Crippen LogP contribution is -1.95. The van der Waals surface area contributed by atoms with Crippen LogP contribution in [0.3, 0.4) is 0 Å². The summed E-state index contributed by atoms with van der Waals surface area (Å²) in [6.45, 7) is 0. The summed E-state index contributed by atoms with van der Waals surface area (Å²) in [6.07, 6.45) is 1.63. The van der Waals surface area contributed by atoms with Crippen LogP contribution in [0.15, 0.2) is 24.3 Å². The van der Waals surface area contributed by atoms with E-state index >= 15 is 0 Å². The second-order valence-electron chi connectivity index (χ2n) is 4.98. The van der Waals surface area contributed by atoms with E-state index in [0.717, 1.165) is 24.0 Å². The molecular weight excluding hydrogens is 266 g/mol. The van der Waals surface area contributed by atoms with Gasteiger partial charge in [0, 0.05) is 5.02 Å². The van der Waals surface area contributed by atoms with Gasteiger partial charge >= 0.3 is 0 Å². The average molecular weight is 278 g/mol. The summed E-state index contributed by atoms with van der Waals surface area (Å²) >= 11 is 5.86. The molecule has 2 aliphatic heterocycles. The number of rotatable bonds is 1. The van der Waals surface area contributed by atoms with Crippen molar-refractivity contribution in [1.82, 2.24) is 4.57 Å². The van der Waals surface area contributed by atoms with Gasteiger partial charge in [0.05, 0.1) is 29.0 Å². The molecule has 3 heterocycles. The minimum absolute atomic E-state index is 0.0713. The van der Waals surface area contributed by atoms with Crippen molar-refractivity contribution in [2.75, 3.05) is 0 Å². The van der Waals surface area contributed by atoms with Crippen molar-refractivity contribution in [3.63, 3.8) is 0 Å². The minimum Gasteiger partial charge on any atom is -0.494 e. The summed E-state index contributed by atoms with van der Waals surface area (Å²) < 4.78 is 7.15. The Balaban J connectivity index is 1.93. The molecule has 2 bridgehead atoms. The molecule has 5 heteroatoms. The second-order valence-corrected chi connectivity index (χ2v) is 5.41. The van der Waals surface area contributed by atoms with Gasteiger partial charge in [-0.25, -0.2) is 0 Å². The number of ether oxygens (including phenoxy) is 1. The molecule has 1 saturated heterocycles. The van der Waals surface area contributed by atoms with Crippen LogP contribution in [0.5, 0.6) is 11.8 Å². The van der Waals surface area contributed by atoms with E-state index in [0.29, 0.717) is 10.7 Å². The molecule has 4 rings (SSSR count). The maximum absolute atomic E-state index is 10.4. The molecule has 0 radical (unpaired) electrons. The average Bonchev–Trinajstić information content (AvgIpc) is 3.06. The highest BCUT2D eigenvalue weighted by Gasteiger charge is 2.45. The number of aromatic hydroxyl groups is 2. The molecule has 2 unspecified atom stereocenters. The minimum atomic E-state index is -0.0838. The second kappa shape index (κ2) is 3.68. The summed E-state index contributed by atoms with van der Waals surface area (Å²) in [5.74, 6) is 0.143. The lowest BCUT2D eigenvalue weighted by Gasteiger charge is -2.10. The molecule has 2 aromatic rings. The summed E-state index contributed by atoms with van der Waals surface area (Å²) in [6, 6.07) is 6.98. The Morgan fingerprint density at radius 3 is 2.05 bits per heavy atom. The number of benzene rings is 1. The van der Waals surface area contributed by atoms with E-state index in [1.54, 1.807) is 24.3 Å². The van der Waals surface area contributed by atoms with E-state index in [4.69, 9.17) is 16.3 Å². The third kappa shape index (κ3) is 1.38. The first-order chi connectivity index (χ1) is 9.16. The zero-order valence-electron chi connectivity index (χ0n) is 10.0. The van der Waals surface area contributed by atoms with Crippen LogP contribution in [0.25, 0.3) is 5.69 Å². The van der Waals surface area contributed by atoms with Crippen LogP contribution in [0.1, 0.15) is 36.2 Å².